The summed E-state index contributed by atoms with van der Waals surface area (Å²) in [4.78, 5) is 23.0. The number of carbonyl (C=O) groups is 2. The minimum atomic E-state index is -0.209. The summed E-state index contributed by atoms with van der Waals surface area (Å²) in [6, 6.07) is 6.77. The average Bonchev–Trinajstić information content (AvgIpc) is 2.18. The van der Waals surface area contributed by atoms with Crippen LogP contribution in [0.4, 0.5) is 0 Å². The van der Waals surface area contributed by atoms with Crippen molar-refractivity contribution in [1.82, 2.24) is 0 Å². The first-order valence-corrected chi connectivity index (χ1v) is 5.20. The zero-order valence-electron chi connectivity index (χ0n) is 8.79. The molecule has 0 aliphatic rings. The van der Waals surface area contributed by atoms with E-state index in [0.29, 0.717) is 10.6 Å². The molecule has 0 aliphatic heterocycles. The number of hydrogen-bond donors (Lipinski definition) is 0. The summed E-state index contributed by atoms with van der Waals surface area (Å²) in [6.07, 6.45) is -0.0681. The predicted octanol–water partition coefficient (Wildman–Crippen LogP) is 3.14. The van der Waals surface area contributed by atoms with E-state index >= 15 is 0 Å². The third kappa shape index (κ3) is 3.17. The summed E-state index contributed by atoms with van der Waals surface area (Å²) in [5, 5.41) is 0.402. The number of hydrogen-bond acceptors (Lipinski definition) is 2. The molecule has 1 rings (SSSR count). The Morgan fingerprint density at radius 3 is 2.40 bits per heavy atom. The Morgan fingerprint density at radius 2 is 1.87 bits per heavy atom. The molecule has 0 saturated heterocycles. The molecule has 0 bridgehead atoms. The van der Waals surface area contributed by atoms with E-state index in [-0.39, 0.29) is 23.9 Å². The van der Waals surface area contributed by atoms with Gasteiger partial charge in [-0.25, -0.2) is 0 Å². The number of ketones is 2. The summed E-state index contributed by atoms with van der Waals surface area (Å²) in [5.41, 5.74) is 0.424. The number of halogens is 1. The maximum absolute atomic E-state index is 11.7. The van der Waals surface area contributed by atoms with Gasteiger partial charge in [0, 0.05) is 11.5 Å². The molecule has 0 radical (unpaired) electrons. The Morgan fingerprint density at radius 1 is 1.27 bits per heavy atom. The highest BCUT2D eigenvalue weighted by molar-refractivity contribution is 6.34. The molecule has 80 valence electrons. The van der Waals surface area contributed by atoms with Crippen LogP contribution in [0.3, 0.4) is 0 Å². The van der Waals surface area contributed by atoms with Gasteiger partial charge in [-0.3, -0.25) is 9.59 Å². The van der Waals surface area contributed by atoms with Gasteiger partial charge in [-0.05, 0) is 12.1 Å². The SMILES string of the molecule is CC(C)C(=O)CC(=O)c1ccccc1Cl. The summed E-state index contributed by atoms with van der Waals surface area (Å²) < 4.78 is 0. The second-order valence-corrected chi connectivity index (χ2v) is 4.11. The average molecular weight is 225 g/mol. The van der Waals surface area contributed by atoms with Crippen LogP contribution in [0.5, 0.6) is 0 Å². The van der Waals surface area contributed by atoms with Gasteiger partial charge in [-0.1, -0.05) is 37.6 Å². The van der Waals surface area contributed by atoms with Crippen molar-refractivity contribution >= 4 is 23.2 Å². The highest BCUT2D eigenvalue weighted by Crippen LogP contribution is 2.17. The predicted molar refractivity (Wildman–Crippen MR) is 60.2 cm³/mol. The van der Waals surface area contributed by atoms with E-state index in [4.69, 9.17) is 11.6 Å². The van der Waals surface area contributed by atoms with E-state index in [0.717, 1.165) is 0 Å². The van der Waals surface area contributed by atoms with E-state index in [1.54, 1.807) is 38.1 Å². The first-order chi connectivity index (χ1) is 7.02. The van der Waals surface area contributed by atoms with Crippen LogP contribution in [0, 0.1) is 5.92 Å². The Bertz CT molecular complexity index is 383. The Hall–Kier alpha value is -1.15. The molecule has 0 unspecified atom stereocenters. The van der Waals surface area contributed by atoms with Crippen LogP contribution in [-0.4, -0.2) is 11.6 Å². The highest BCUT2D eigenvalue weighted by Gasteiger charge is 2.16. The monoisotopic (exact) mass is 224 g/mol. The summed E-state index contributed by atoms with van der Waals surface area (Å²) in [6.45, 7) is 3.56. The van der Waals surface area contributed by atoms with Crippen LogP contribution >= 0.6 is 11.6 Å². The van der Waals surface area contributed by atoms with Crippen molar-refractivity contribution < 1.29 is 9.59 Å². The lowest BCUT2D eigenvalue weighted by molar-refractivity contribution is -0.121. The Kier molecular flexibility index (Phi) is 4.04. The molecular formula is C12H13ClO2. The van der Waals surface area contributed by atoms with Gasteiger partial charge in [0.05, 0.1) is 11.4 Å². The van der Waals surface area contributed by atoms with Gasteiger partial charge in [0.25, 0.3) is 0 Å². The van der Waals surface area contributed by atoms with Crippen LogP contribution in [0.25, 0.3) is 0 Å². The number of Topliss-reactive ketones (excluding diaryl/α,β-unsaturated/α-hetero) is 2. The van der Waals surface area contributed by atoms with Gasteiger partial charge >= 0.3 is 0 Å². The molecule has 15 heavy (non-hydrogen) atoms. The minimum absolute atomic E-state index is 0.0556. The fraction of sp³-hybridized carbons (Fsp3) is 0.333. The fourth-order valence-electron chi connectivity index (χ4n) is 1.14. The van der Waals surface area contributed by atoms with E-state index in [1.807, 2.05) is 0 Å². The fourth-order valence-corrected chi connectivity index (χ4v) is 1.39. The van der Waals surface area contributed by atoms with Crippen molar-refractivity contribution in [2.24, 2.45) is 5.92 Å². The van der Waals surface area contributed by atoms with E-state index in [1.165, 1.54) is 0 Å². The number of carbonyl (C=O) groups excluding carboxylic acids is 2. The lowest BCUT2D eigenvalue weighted by atomic mass is 10.00. The first kappa shape index (κ1) is 11.9. The third-order valence-corrected chi connectivity index (χ3v) is 2.48. The van der Waals surface area contributed by atoms with Crippen molar-refractivity contribution in [3.63, 3.8) is 0 Å². The van der Waals surface area contributed by atoms with Crippen LogP contribution in [0.1, 0.15) is 30.6 Å². The molecule has 0 spiro atoms. The maximum Gasteiger partial charge on any atom is 0.171 e. The molecule has 0 N–H and O–H groups in total. The van der Waals surface area contributed by atoms with Gasteiger partial charge in [-0.15, -0.1) is 0 Å². The molecule has 0 saturated carbocycles. The second kappa shape index (κ2) is 5.08. The zero-order valence-corrected chi connectivity index (χ0v) is 9.54. The Balaban J connectivity index is 2.79. The molecule has 2 nitrogen and oxygen atoms in total. The van der Waals surface area contributed by atoms with Crippen molar-refractivity contribution in [3.8, 4) is 0 Å². The molecule has 0 fully saturated rings. The van der Waals surface area contributed by atoms with Gasteiger partial charge in [0.1, 0.15) is 5.78 Å². The van der Waals surface area contributed by atoms with Crippen molar-refractivity contribution in [1.29, 1.82) is 0 Å². The lowest BCUT2D eigenvalue weighted by Gasteiger charge is -2.04. The van der Waals surface area contributed by atoms with Crippen LogP contribution < -0.4 is 0 Å². The third-order valence-electron chi connectivity index (χ3n) is 2.15. The standard InChI is InChI=1S/C12H13ClO2/c1-8(2)11(14)7-12(15)9-5-3-4-6-10(9)13/h3-6,8H,7H2,1-2H3. The first-order valence-electron chi connectivity index (χ1n) is 4.83. The molecule has 1 aromatic carbocycles. The molecular weight excluding hydrogens is 212 g/mol. The van der Waals surface area contributed by atoms with Crippen LogP contribution in [0.2, 0.25) is 5.02 Å². The topological polar surface area (TPSA) is 34.1 Å². The molecule has 1 aromatic rings. The molecule has 3 heteroatoms. The maximum atomic E-state index is 11.7. The van der Waals surface area contributed by atoms with E-state index in [9.17, 15) is 9.59 Å². The largest absolute Gasteiger partial charge is 0.299 e. The zero-order chi connectivity index (χ0) is 11.4. The van der Waals surface area contributed by atoms with Crippen LogP contribution in [0.15, 0.2) is 24.3 Å². The highest BCUT2D eigenvalue weighted by atomic mass is 35.5. The van der Waals surface area contributed by atoms with Crippen molar-refractivity contribution in [3.05, 3.63) is 34.9 Å². The molecule has 0 heterocycles. The van der Waals surface area contributed by atoms with E-state index in [2.05, 4.69) is 0 Å². The van der Waals surface area contributed by atoms with Gasteiger partial charge in [-0.2, -0.15) is 0 Å². The summed E-state index contributed by atoms with van der Waals surface area (Å²) in [5.74, 6) is -0.379. The van der Waals surface area contributed by atoms with E-state index < -0.39 is 0 Å². The van der Waals surface area contributed by atoms with Gasteiger partial charge in [0.2, 0.25) is 0 Å². The smallest absolute Gasteiger partial charge is 0.171 e. The molecule has 0 amide bonds. The quantitative estimate of drug-likeness (QED) is 0.582. The molecule has 0 atom stereocenters. The second-order valence-electron chi connectivity index (χ2n) is 3.70. The minimum Gasteiger partial charge on any atom is -0.299 e. The number of rotatable bonds is 4. The molecule has 0 aliphatic carbocycles. The normalized spacial score (nSPS) is 10.4. The van der Waals surface area contributed by atoms with Crippen molar-refractivity contribution in [2.75, 3.05) is 0 Å². The lowest BCUT2D eigenvalue weighted by Crippen LogP contribution is -2.13. The Labute approximate surface area is 94.2 Å². The summed E-state index contributed by atoms with van der Waals surface area (Å²) >= 11 is 5.85. The van der Waals surface area contributed by atoms with Crippen LogP contribution in [-0.2, 0) is 4.79 Å². The van der Waals surface area contributed by atoms with Gasteiger partial charge < -0.3 is 0 Å². The number of benzene rings is 1. The van der Waals surface area contributed by atoms with Crippen molar-refractivity contribution in [2.45, 2.75) is 20.3 Å². The summed E-state index contributed by atoms with van der Waals surface area (Å²) in [7, 11) is 0. The molecule has 0 aromatic heterocycles. The van der Waals surface area contributed by atoms with Gasteiger partial charge in [0.15, 0.2) is 5.78 Å².